The molecule has 0 radical (unpaired) electrons. The van der Waals surface area contributed by atoms with E-state index in [4.69, 9.17) is 5.11 Å². The molecule has 10 heavy (non-hydrogen) atoms. The highest BCUT2D eigenvalue weighted by Crippen LogP contribution is 2.09. The Kier molecular flexibility index (Phi) is 4.03. The zero-order chi connectivity index (χ0) is 8.15. The third-order valence-electron chi connectivity index (χ3n) is 1.53. The smallest absolute Gasteiger partial charge is 0.311 e. The molecule has 0 aliphatic heterocycles. The fraction of sp³-hybridized carbons (Fsp3) is 0.857. The maximum Gasteiger partial charge on any atom is 0.311 e. The summed E-state index contributed by atoms with van der Waals surface area (Å²) in [7, 11) is 1.33. The van der Waals surface area contributed by atoms with Crippen molar-refractivity contribution in [2.45, 2.75) is 26.4 Å². The van der Waals surface area contributed by atoms with Crippen molar-refractivity contribution >= 4 is 5.97 Å². The number of carbonyl (C=O) groups excluding carboxylic acids is 1. The van der Waals surface area contributed by atoms with Crippen LogP contribution in [0, 0.1) is 5.92 Å². The van der Waals surface area contributed by atoms with Crippen LogP contribution in [-0.2, 0) is 9.53 Å². The van der Waals surface area contributed by atoms with Gasteiger partial charge in [-0.2, -0.15) is 0 Å². The number of aliphatic hydroxyl groups is 1. The Bertz CT molecular complexity index is 109. The normalized spacial score (nSPS) is 16.0. The third-order valence-corrected chi connectivity index (χ3v) is 1.53. The number of ether oxygens (including phenoxy) is 1. The van der Waals surface area contributed by atoms with Gasteiger partial charge in [0.05, 0.1) is 19.1 Å². The topological polar surface area (TPSA) is 46.5 Å². The van der Waals surface area contributed by atoms with E-state index in [1.165, 1.54) is 7.11 Å². The van der Waals surface area contributed by atoms with E-state index in [2.05, 4.69) is 4.74 Å². The van der Waals surface area contributed by atoms with Crippen molar-refractivity contribution in [3.8, 4) is 0 Å². The summed E-state index contributed by atoms with van der Waals surface area (Å²) in [5.74, 6) is -0.706. The lowest BCUT2D eigenvalue weighted by molar-refractivity contribution is -0.149. The molecule has 0 aromatic carbocycles. The first-order valence-corrected chi connectivity index (χ1v) is 3.39. The summed E-state index contributed by atoms with van der Waals surface area (Å²) in [5.41, 5.74) is 0. The second-order valence-corrected chi connectivity index (χ2v) is 2.28. The first-order valence-electron chi connectivity index (χ1n) is 3.39. The van der Waals surface area contributed by atoms with Gasteiger partial charge in [0, 0.05) is 0 Å². The van der Waals surface area contributed by atoms with Crippen molar-refractivity contribution in [2.75, 3.05) is 7.11 Å². The Morgan fingerprint density at radius 1 is 1.70 bits per heavy atom. The van der Waals surface area contributed by atoms with E-state index in [9.17, 15) is 4.79 Å². The SMILES string of the molecule is CC[C@@H](C(=O)OC)[C@@H](C)O. The van der Waals surface area contributed by atoms with Crippen molar-refractivity contribution in [3.63, 3.8) is 0 Å². The van der Waals surface area contributed by atoms with Gasteiger partial charge < -0.3 is 9.84 Å². The molecule has 0 amide bonds. The maximum absolute atomic E-state index is 10.8. The van der Waals surface area contributed by atoms with Crippen LogP contribution in [0.15, 0.2) is 0 Å². The minimum atomic E-state index is -0.613. The van der Waals surface area contributed by atoms with Crippen LogP contribution in [0.1, 0.15) is 20.3 Å². The zero-order valence-electron chi connectivity index (χ0n) is 6.63. The van der Waals surface area contributed by atoms with Crippen molar-refractivity contribution < 1.29 is 14.6 Å². The third kappa shape index (κ3) is 2.35. The molecule has 0 aromatic heterocycles. The van der Waals surface area contributed by atoms with E-state index in [1.807, 2.05) is 6.92 Å². The van der Waals surface area contributed by atoms with Crippen LogP contribution >= 0.6 is 0 Å². The second-order valence-electron chi connectivity index (χ2n) is 2.28. The molecule has 0 fully saturated rings. The standard InChI is InChI=1S/C7H14O3/c1-4-6(5(2)8)7(9)10-3/h5-6,8H,4H2,1-3H3/t5-,6-/m1/s1. The first kappa shape index (κ1) is 9.43. The first-order chi connectivity index (χ1) is 4.63. The summed E-state index contributed by atoms with van der Waals surface area (Å²) >= 11 is 0. The largest absolute Gasteiger partial charge is 0.469 e. The van der Waals surface area contributed by atoms with E-state index >= 15 is 0 Å². The molecular formula is C7H14O3. The van der Waals surface area contributed by atoms with Gasteiger partial charge in [-0.05, 0) is 13.3 Å². The number of hydrogen-bond acceptors (Lipinski definition) is 3. The highest BCUT2D eigenvalue weighted by molar-refractivity contribution is 5.72. The zero-order valence-corrected chi connectivity index (χ0v) is 6.63. The molecule has 60 valence electrons. The van der Waals surface area contributed by atoms with Crippen LogP contribution < -0.4 is 0 Å². The molecule has 0 saturated carbocycles. The number of hydrogen-bond donors (Lipinski definition) is 1. The molecule has 0 rings (SSSR count). The van der Waals surface area contributed by atoms with Gasteiger partial charge in [0.25, 0.3) is 0 Å². The summed E-state index contributed by atoms with van der Waals surface area (Å²) < 4.78 is 4.47. The highest BCUT2D eigenvalue weighted by Gasteiger charge is 2.21. The van der Waals surface area contributed by atoms with E-state index in [-0.39, 0.29) is 11.9 Å². The maximum atomic E-state index is 10.8. The minimum Gasteiger partial charge on any atom is -0.469 e. The molecule has 1 N–H and O–H groups in total. The Labute approximate surface area is 61.0 Å². The van der Waals surface area contributed by atoms with Gasteiger partial charge in [-0.3, -0.25) is 4.79 Å². The Hall–Kier alpha value is -0.570. The van der Waals surface area contributed by atoms with E-state index in [0.717, 1.165) is 0 Å². The Morgan fingerprint density at radius 2 is 2.20 bits per heavy atom. The number of carbonyl (C=O) groups is 1. The highest BCUT2D eigenvalue weighted by atomic mass is 16.5. The second kappa shape index (κ2) is 4.28. The molecule has 0 heterocycles. The van der Waals surface area contributed by atoms with Gasteiger partial charge >= 0.3 is 5.97 Å². The fourth-order valence-corrected chi connectivity index (χ4v) is 0.856. The van der Waals surface area contributed by atoms with E-state index < -0.39 is 6.10 Å². The monoisotopic (exact) mass is 146 g/mol. The molecule has 0 bridgehead atoms. The summed E-state index contributed by atoms with van der Waals surface area (Å²) in [6, 6.07) is 0. The van der Waals surface area contributed by atoms with E-state index in [0.29, 0.717) is 6.42 Å². The predicted octanol–water partition coefficient (Wildman–Crippen LogP) is 0.566. The van der Waals surface area contributed by atoms with Gasteiger partial charge in [-0.25, -0.2) is 0 Å². The number of esters is 1. The van der Waals surface area contributed by atoms with Crippen molar-refractivity contribution in [2.24, 2.45) is 5.92 Å². The van der Waals surface area contributed by atoms with Crippen LogP contribution in [0.25, 0.3) is 0 Å². The van der Waals surface area contributed by atoms with Crippen LogP contribution in [-0.4, -0.2) is 24.3 Å². The lowest BCUT2D eigenvalue weighted by atomic mass is 10.0. The van der Waals surface area contributed by atoms with E-state index in [1.54, 1.807) is 6.92 Å². The number of methoxy groups -OCH3 is 1. The Morgan fingerprint density at radius 3 is 2.30 bits per heavy atom. The van der Waals surface area contributed by atoms with Gasteiger partial charge in [0.15, 0.2) is 0 Å². The number of rotatable bonds is 3. The quantitative estimate of drug-likeness (QED) is 0.592. The van der Waals surface area contributed by atoms with Crippen molar-refractivity contribution in [3.05, 3.63) is 0 Å². The fourth-order valence-electron chi connectivity index (χ4n) is 0.856. The molecule has 0 aliphatic rings. The van der Waals surface area contributed by atoms with Gasteiger partial charge in [0.1, 0.15) is 0 Å². The van der Waals surface area contributed by atoms with Crippen molar-refractivity contribution in [1.29, 1.82) is 0 Å². The molecule has 0 unspecified atom stereocenters. The van der Waals surface area contributed by atoms with Crippen LogP contribution in [0.5, 0.6) is 0 Å². The summed E-state index contributed by atoms with van der Waals surface area (Å²) in [6.45, 7) is 3.43. The average Bonchev–Trinajstić information content (AvgIpc) is 1.88. The summed E-state index contributed by atoms with van der Waals surface area (Å²) in [5, 5.41) is 9.01. The lowest BCUT2D eigenvalue weighted by Crippen LogP contribution is -2.26. The Balaban J connectivity index is 3.93. The molecule has 2 atom stereocenters. The molecular weight excluding hydrogens is 132 g/mol. The van der Waals surface area contributed by atoms with Crippen LogP contribution in [0.3, 0.4) is 0 Å². The van der Waals surface area contributed by atoms with Gasteiger partial charge in [0.2, 0.25) is 0 Å². The lowest BCUT2D eigenvalue weighted by Gasteiger charge is -2.14. The van der Waals surface area contributed by atoms with Crippen LogP contribution in [0.2, 0.25) is 0 Å². The number of aliphatic hydroxyl groups excluding tert-OH is 1. The van der Waals surface area contributed by atoms with Gasteiger partial charge in [-0.1, -0.05) is 6.92 Å². The molecule has 0 saturated heterocycles. The average molecular weight is 146 g/mol. The molecule has 3 nitrogen and oxygen atoms in total. The summed E-state index contributed by atoms with van der Waals surface area (Å²) in [6.07, 6.45) is 0.00194. The molecule has 0 aromatic rings. The summed E-state index contributed by atoms with van der Waals surface area (Å²) in [4.78, 5) is 10.8. The minimum absolute atomic E-state index is 0.336. The van der Waals surface area contributed by atoms with Crippen LogP contribution in [0.4, 0.5) is 0 Å². The predicted molar refractivity (Wildman–Crippen MR) is 37.5 cm³/mol. The van der Waals surface area contributed by atoms with Gasteiger partial charge in [-0.15, -0.1) is 0 Å². The molecule has 3 heteroatoms. The molecule has 0 aliphatic carbocycles. The molecule has 0 spiro atoms. The van der Waals surface area contributed by atoms with Crippen molar-refractivity contribution in [1.82, 2.24) is 0 Å².